The second-order valence-corrected chi connectivity index (χ2v) is 8.56. The Morgan fingerprint density at radius 1 is 1.04 bits per heavy atom. The van der Waals surface area contributed by atoms with Gasteiger partial charge < -0.3 is 14.2 Å². The fourth-order valence-electron chi connectivity index (χ4n) is 3.14. The Kier molecular flexibility index (Phi) is 4.35. The summed E-state index contributed by atoms with van der Waals surface area (Å²) in [4.78, 5) is 21.1. The number of amides is 1. The molecule has 0 aliphatic carbocycles. The number of hydrogen-bond acceptors (Lipinski definition) is 6. The van der Waals surface area contributed by atoms with Gasteiger partial charge in [0.2, 0.25) is 0 Å². The van der Waals surface area contributed by atoms with Gasteiger partial charge in [-0.2, -0.15) is 4.98 Å². The summed E-state index contributed by atoms with van der Waals surface area (Å²) in [5.41, 5.74) is 1.93. The molecule has 1 aromatic heterocycles. The molecule has 7 nitrogen and oxygen atoms in total. The van der Waals surface area contributed by atoms with Crippen molar-refractivity contribution in [3.63, 3.8) is 0 Å². The van der Waals surface area contributed by atoms with E-state index in [0.29, 0.717) is 37.8 Å². The molecule has 0 saturated carbocycles. The smallest absolute Gasteiger partial charge is 0.298 e. The SMILES string of the molecule is CS(=O)(=O)c1cccc(C(=O)N2CCN(c3nc4ccccc4o3)CC2)c1. The summed E-state index contributed by atoms with van der Waals surface area (Å²) >= 11 is 0. The summed E-state index contributed by atoms with van der Waals surface area (Å²) in [5, 5.41) is 0. The Hall–Kier alpha value is -2.87. The predicted molar refractivity (Wildman–Crippen MR) is 102 cm³/mol. The van der Waals surface area contributed by atoms with Crippen LogP contribution in [0.4, 0.5) is 6.01 Å². The maximum Gasteiger partial charge on any atom is 0.298 e. The van der Waals surface area contributed by atoms with E-state index in [1.807, 2.05) is 29.2 Å². The summed E-state index contributed by atoms with van der Waals surface area (Å²) in [6, 6.07) is 14.3. The van der Waals surface area contributed by atoms with Gasteiger partial charge in [0.1, 0.15) is 5.52 Å². The molecule has 4 rings (SSSR count). The number of rotatable bonds is 3. The van der Waals surface area contributed by atoms with Crippen molar-refractivity contribution >= 4 is 32.9 Å². The molecule has 0 bridgehead atoms. The van der Waals surface area contributed by atoms with E-state index >= 15 is 0 Å². The van der Waals surface area contributed by atoms with Crippen molar-refractivity contribution < 1.29 is 17.6 Å². The van der Waals surface area contributed by atoms with E-state index in [4.69, 9.17) is 4.42 Å². The lowest BCUT2D eigenvalue weighted by atomic mass is 10.2. The molecule has 8 heteroatoms. The van der Waals surface area contributed by atoms with Gasteiger partial charge in [0.15, 0.2) is 15.4 Å². The Morgan fingerprint density at radius 3 is 2.48 bits per heavy atom. The molecule has 1 fully saturated rings. The summed E-state index contributed by atoms with van der Waals surface area (Å²) in [6.45, 7) is 2.23. The molecule has 0 unspecified atom stereocenters. The highest BCUT2D eigenvalue weighted by Gasteiger charge is 2.25. The van der Waals surface area contributed by atoms with Crippen LogP contribution in [-0.4, -0.2) is 56.6 Å². The number of benzene rings is 2. The van der Waals surface area contributed by atoms with Crippen LogP contribution >= 0.6 is 0 Å². The number of carbonyl (C=O) groups excluding carboxylic acids is 1. The van der Waals surface area contributed by atoms with E-state index in [2.05, 4.69) is 4.98 Å². The minimum absolute atomic E-state index is 0.151. The molecule has 0 radical (unpaired) electrons. The first-order chi connectivity index (χ1) is 12.9. The number of anilines is 1. The first-order valence-electron chi connectivity index (χ1n) is 8.62. The van der Waals surface area contributed by atoms with Crippen molar-refractivity contribution in [2.75, 3.05) is 37.3 Å². The Morgan fingerprint density at radius 2 is 1.78 bits per heavy atom. The van der Waals surface area contributed by atoms with Gasteiger partial charge in [0.05, 0.1) is 4.90 Å². The highest BCUT2D eigenvalue weighted by molar-refractivity contribution is 7.90. The largest absolute Gasteiger partial charge is 0.423 e. The van der Waals surface area contributed by atoms with Crippen LogP contribution in [0.2, 0.25) is 0 Å². The maximum atomic E-state index is 12.7. The first-order valence-corrected chi connectivity index (χ1v) is 10.5. The molecule has 2 aromatic carbocycles. The lowest BCUT2D eigenvalue weighted by molar-refractivity contribution is 0.0745. The number of para-hydroxylation sites is 2. The standard InChI is InChI=1S/C19H19N3O4S/c1-27(24,25)15-6-4-5-14(13-15)18(23)21-9-11-22(12-10-21)19-20-16-7-2-3-8-17(16)26-19/h2-8,13H,9-12H2,1H3. The van der Waals surface area contributed by atoms with Crippen LogP contribution in [-0.2, 0) is 9.84 Å². The van der Waals surface area contributed by atoms with Crippen molar-refractivity contribution in [3.8, 4) is 0 Å². The predicted octanol–water partition coefficient (Wildman–Crippen LogP) is 2.19. The zero-order chi connectivity index (χ0) is 19.0. The van der Waals surface area contributed by atoms with Gasteiger partial charge in [-0.05, 0) is 30.3 Å². The number of sulfone groups is 1. The number of carbonyl (C=O) groups is 1. The van der Waals surface area contributed by atoms with Crippen LogP contribution in [0.5, 0.6) is 0 Å². The molecule has 27 heavy (non-hydrogen) atoms. The third-order valence-corrected chi connectivity index (χ3v) is 5.74. The second kappa shape index (κ2) is 6.70. The zero-order valence-corrected chi connectivity index (χ0v) is 15.6. The molecule has 1 amide bonds. The Bertz CT molecular complexity index is 1070. The highest BCUT2D eigenvalue weighted by Crippen LogP contribution is 2.23. The maximum absolute atomic E-state index is 12.7. The number of oxazole rings is 1. The summed E-state index contributed by atoms with van der Waals surface area (Å²) in [5.74, 6) is -0.169. The first kappa shape index (κ1) is 17.5. The topological polar surface area (TPSA) is 83.7 Å². The molecule has 1 saturated heterocycles. The van der Waals surface area contributed by atoms with Crippen LogP contribution < -0.4 is 4.90 Å². The lowest BCUT2D eigenvalue weighted by Crippen LogP contribution is -2.48. The highest BCUT2D eigenvalue weighted by atomic mass is 32.2. The molecular formula is C19H19N3O4S. The van der Waals surface area contributed by atoms with Crippen molar-refractivity contribution in [1.82, 2.24) is 9.88 Å². The second-order valence-electron chi connectivity index (χ2n) is 6.54. The average Bonchev–Trinajstić information content (AvgIpc) is 3.11. The van der Waals surface area contributed by atoms with Crippen molar-refractivity contribution in [3.05, 3.63) is 54.1 Å². The summed E-state index contributed by atoms with van der Waals surface area (Å²) in [7, 11) is -3.35. The van der Waals surface area contributed by atoms with E-state index < -0.39 is 9.84 Å². The van der Waals surface area contributed by atoms with Crippen LogP contribution in [0.3, 0.4) is 0 Å². The third-order valence-electron chi connectivity index (χ3n) is 4.63. The number of aromatic nitrogens is 1. The van der Waals surface area contributed by atoms with E-state index in [9.17, 15) is 13.2 Å². The van der Waals surface area contributed by atoms with E-state index in [1.165, 1.54) is 12.1 Å². The van der Waals surface area contributed by atoms with Gasteiger partial charge in [0.25, 0.3) is 11.9 Å². The molecule has 0 N–H and O–H groups in total. The molecule has 1 aliphatic heterocycles. The fraction of sp³-hybridized carbons (Fsp3) is 0.263. The van der Waals surface area contributed by atoms with Crippen LogP contribution in [0.1, 0.15) is 10.4 Å². The molecule has 0 spiro atoms. The van der Waals surface area contributed by atoms with Crippen LogP contribution in [0.25, 0.3) is 11.1 Å². The normalized spacial score (nSPS) is 15.3. The van der Waals surface area contributed by atoms with Crippen LogP contribution in [0, 0.1) is 0 Å². The van der Waals surface area contributed by atoms with Gasteiger partial charge in [0, 0.05) is 38.0 Å². The lowest BCUT2D eigenvalue weighted by Gasteiger charge is -2.33. The fourth-order valence-corrected chi connectivity index (χ4v) is 3.81. The zero-order valence-electron chi connectivity index (χ0n) is 14.8. The van der Waals surface area contributed by atoms with Crippen molar-refractivity contribution in [2.45, 2.75) is 4.90 Å². The van der Waals surface area contributed by atoms with E-state index in [0.717, 1.165) is 17.4 Å². The molecule has 1 aliphatic rings. The average molecular weight is 385 g/mol. The quantitative estimate of drug-likeness (QED) is 0.687. The number of nitrogens with zero attached hydrogens (tertiary/aromatic N) is 3. The van der Waals surface area contributed by atoms with E-state index in [1.54, 1.807) is 17.0 Å². The summed E-state index contributed by atoms with van der Waals surface area (Å²) < 4.78 is 29.2. The Labute approximate surface area is 157 Å². The van der Waals surface area contributed by atoms with Crippen LogP contribution in [0.15, 0.2) is 57.8 Å². The number of piperazine rings is 1. The van der Waals surface area contributed by atoms with Gasteiger partial charge >= 0.3 is 0 Å². The molecule has 3 aromatic rings. The van der Waals surface area contributed by atoms with Gasteiger partial charge in [-0.3, -0.25) is 4.79 Å². The minimum atomic E-state index is -3.35. The van der Waals surface area contributed by atoms with Gasteiger partial charge in [-0.1, -0.05) is 18.2 Å². The number of fused-ring (bicyclic) bond motifs is 1. The Balaban J connectivity index is 1.46. The summed E-state index contributed by atoms with van der Waals surface area (Å²) in [6.07, 6.45) is 1.13. The van der Waals surface area contributed by atoms with Gasteiger partial charge in [-0.15, -0.1) is 0 Å². The molecule has 140 valence electrons. The molecule has 2 heterocycles. The minimum Gasteiger partial charge on any atom is -0.423 e. The van der Waals surface area contributed by atoms with Gasteiger partial charge in [-0.25, -0.2) is 8.42 Å². The third kappa shape index (κ3) is 3.52. The molecule has 0 atom stereocenters. The number of hydrogen-bond donors (Lipinski definition) is 0. The van der Waals surface area contributed by atoms with E-state index in [-0.39, 0.29) is 10.8 Å². The van der Waals surface area contributed by atoms with Crippen molar-refractivity contribution in [1.29, 1.82) is 0 Å². The molecular weight excluding hydrogens is 366 g/mol. The van der Waals surface area contributed by atoms with Crippen molar-refractivity contribution in [2.24, 2.45) is 0 Å². The monoisotopic (exact) mass is 385 g/mol.